The van der Waals surface area contributed by atoms with E-state index in [4.69, 9.17) is 16.3 Å². The van der Waals surface area contributed by atoms with Crippen LogP contribution in [0.3, 0.4) is 0 Å². The van der Waals surface area contributed by atoms with Crippen molar-refractivity contribution >= 4 is 38.9 Å². The number of rotatable bonds is 3. The molecule has 2 aromatic rings. The van der Waals surface area contributed by atoms with Crippen molar-refractivity contribution in [2.75, 3.05) is 10.0 Å². The third-order valence-corrected chi connectivity index (χ3v) is 5.18. The lowest BCUT2D eigenvalue weighted by Crippen LogP contribution is -2.34. The minimum atomic E-state index is -4.07. The van der Waals surface area contributed by atoms with E-state index in [0.717, 1.165) is 6.07 Å². The number of nitrogens with one attached hydrogen (secondary N) is 2. The van der Waals surface area contributed by atoms with E-state index in [0.29, 0.717) is 0 Å². The average molecular weight is 371 g/mol. The van der Waals surface area contributed by atoms with Crippen molar-refractivity contribution in [3.8, 4) is 5.75 Å². The smallest absolute Gasteiger partial charge is 0.265 e. The van der Waals surface area contributed by atoms with E-state index in [9.17, 15) is 17.6 Å². The molecule has 0 saturated carbocycles. The molecule has 1 aliphatic rings. The molecular weight excluding hydrogens is 359 g/mol. The van der Waals surface area contributed by atoms with Gasteiger partial charge in [0.2, 0.25) is 0 Å². The van der Waals surface area contributed by atoms with Crippen LogP contribution in [0.4, 0.5) is 15.8 Å². The SMILES string of the molecule is CC1Oc2cc(S(=O)(=O)Nc3cccc(F)c3)c(Cl)cc2NC1=O. The number of carbonyl (C=O) groups excluding carboxylic acids is 1. The molecule has 0 radical (unpaired) electrons. The van der Waals surface area contributed by atoms with Gasteiger partial charge < -0.3 is 10.1 Å². The topological polar surface area (TPSA) is 84.5 Å². The molecule has 1 amide bonds. The Labute approximate surface area is 142 Å². The van der Waals surface area contributed by atoms with Crippen molar-refractivity contribution in [2.45, 2.75) is 17.9 Å². The number of sulfonamides is 1. The molecule has 24 heavy (non-hydrogen) atoms. The molecule has 9 heteroatoms. The van der Waals surface area contributed by atoms with Crippen molar-refractivity contribution in [1.82, 2.24) is 0 Å². The fourth-order valence-electron chi connectivity index (χ4n) is 2.18. The quantitative estimate of drug-likeness (QED) is 0.869. The predicted molar refractivity (Wildman–Crippen MR) is 87.4 cm³/mol. The van der Waals surface area contributed by atoms with Crippen LogP contribution < -0.4 is 14.8 Å². The molecule has 1 heterocycles. The number of halogens is 2. The van der Waals surface area contributed by atoms with Crippen molar-refractivity contribution in [2.24, 2.45) is 0 Å². The number of amides is 1. The van der Waals surface area contributed by atoms with Crippen molar-refractivity contribution < 1.29 is 22.3 Å². The number of anilines is 2. The van der Waals surface area contributed by atoms with Gasteiger partial charge in [-0.25, -0.2) is 12.8 Å². The van der Waals surface area contributed by atoms with E-state index in [-0.39, 0.29) is 32.9 Å². The monoisotopic (exact) mass is 370 g/mol. The van der Waals surface area contributed by atoms with Gasteiger partial charge >= 0.3 is 0 Å². The average Bonchev–Trinajstić information content (AvgIpc) is 2.48. The highest BCUT2D eigenvalue weighted by Gasteiger charge is 2.28. The molecule has 6 nitrogen and oxygen atoms in total. The molecule has 0 aromatic heterocycles. The second kappa shape index (κ2) is 5.95. The summed E-state index contributed by atoms with van der Waals surface area (Å²) in [6.07, 6.45) is -0.759. The molecule has 0 aliphatic carbocycles. The Morgan fingerprint density at radius 2 is 2.04 bits per heavy atom. The van der Waals surface area contributed by atoms with Gasteiger partial charge in [0.25, 0.3) is 15.9 Å². The van der Waals surface area contributed by atoms with Crippen LogP contribution in [0.1, 0.15) is 6.92 Å². The lowest BCUT2D eigenvalue weighted by atomic mass is 10.2. The molecule has 3 rings (SSSR count). The molecule has 0 bridgehead atoms. The fourth-order valence-corrected chi connectivity index (χ4v) is 3.77. The minimum absolute atomic E-state index is 0.0615. The second-order valence-corrected chi connectivity index (χ2v) is 7.20. The zero-order valence-electron chi connectivity index (χ0n) is 12.3. The third-order valence-electron chi connectivity index (χ3n) is 3.33. The van der Waals surface area contributed by atoms with Crippen LogP contribution in [0.15, 0.2) is 41.3 Å². The summed E-state index contributed by atoms with van der Waals surface area (Å²) in [5, 5.41) is 2.47. The predicted octanol–water partition coefficient (Wildman–Crippen LogP) is 3.00. The van der Waals surface area contributed by atoms with E-state index in [1.165, 1.54) is 37.3 Å². The number of fused-ring (bicyclic) bond motifs is 1. The minimum Gasteiger partial charge on any atom is -0.479 e. The third kappa shape index (κ3) is 3.15. The first kappa shape index (κ1) is 16.5. The molecular formula is C15H12ClFN2O4S. The van der Waals surface area contributed by atoms with Gasteiger partial charge in [-0.15, -0.1) is 0 Å². The molecule has 0 fully saturated rings. The molecule has 1 unspecified atom stereocenters. The van der Waals surface area contributed by atoms with Crippen LogP contribution in [0, 0.1) is 5.82 Å². The lowest BCUT2D eigenvalue weighted by molar-refractivity contribution is -0.122. The zero-order valence-corrected chi connectivity index (χ0v) is 13.9. The maximum atomic E-state index is 13.2. The molecule has 1 aliphatic heterocycles. The van der Waals surface area contributed by atoms with E-state index in [1.54, 1.807) is 0 Å². The number of hydrogen-bond acceptors (Lipinski definition) is 4. The van der Waals surface area contributed by atoms with Crippen LogP contribution in [0.25, 0.3) is 0 Å². The maximum absolute atomic E-state index is 13.2. The normalized spacial score (nSPS) is 16.8. The van der Waals surface area contributed by atoms with Crippen LogP contribution >= 0.6 is 11.6 Å². The van der Waals surface area contributed by atoms with Crippen LogP contribution in [0.5, 0.6) is 5.75 Å². The summed E-state index contributed by atoms with van der Waals surface area (Å²) >= 11 is 6.03. The Kier molecular flexibility index (Phi) is 4.10. The number of ether oxygens (including phenoxy) is 1. The molecule has 1 atom stereocenters. The highest BCUT2D eigenvalue weighted by atomic mass is 35.5. The molecule has 0 saturated heterocycles. The highest BCUT2D eigenvalue weighted by Crippen LogP contribution is 2.37. The van der Waals surface area contributed by atoms with E-state index < -0.39 is 21.9 Å². The highest BCUT2D eigenvalue weighted by molar-refractivity contribution is 7.92. The Morgan fingerprint density at radius 1 is 1.29 bits per heavy atom. The van der Waals surface area contributed by atoms with Gasteiger partial charge in [0, 0.05) is 6.07 Å². The van der Waals surface area contributed by atoms with Crippen molar-refractivity contribution in [3.63, 3.8) is 0 Å². The summed E-state index contributed by atoms with van der Waals surface area (Å²) in [7, 11) is -4.07. The Bertz CT molecular complexity index is 933. The van der Waals surface area contributed by atoms with E-state index in [2.05, 4.69) is 10.0 Å². The first-order valence-corrected chi connectivity index (χ1v) is 8.72. The first-order chi connectivity index (χ1) is 11.3. The van der Waals surface area contributed by atoms with Crippen LogP contribution in [-0.2, 0) is 14.8 Å². The molecule has 2 N–H and O–H groups in total. The summed E-state index contributed by atoms with van der Waals surface area (Å²) in [6, 6.07) is 7.54. The summed E-state index contributed by atoms with van der Waals surface area (Å²) in [5.41, 5.74) is 0.346. The number of benzene rings is 2. The molecule has 2 aromatic carbocycles. The first-order valence-electron chi connectivity index (χ1n) is 6.86. The summed E-state index contributed by atoms with van der Waals surface area (Å²) < 4.78 is 45.8. The standard InChI is InChI=1S/C15H12ClFN2O4S/c1-8-15(20)18-12-6-11(16)14(7-13(12)23-8)24(21,22)19-10-4-2-3-9(17)5-10/h2-8,19H,1H3,(H,18,20). The van der Waals surface area contributed by atoms with E-state index >= 15 is 0 Å². The van der Waals surface area contributed by atoms with Gasteiger partial charge in [-0.1, -0.05) is 17.7 Å². The van der Waals surface area contributed by atoms with Gasteiger partial charge in [-0.2, -0.15) is 0 Å². The second-order valence-electron chi connectivity index (χ2n) is 5.14. The lowest BCUT2D eigenvalue weighted by Gasteiger charge is -2.24. The van der Waals surface area contributed by atoms with Crippen LogP contribution in [-0.4, -0.2) is 20.4 Å². The Hall–Kier alpha value is -2.32. The van der Waals surface area contributed by atoms with Gasteiger partial charge in [0.1, 0.15) is 16.5 Å². The fraction of sp³-hybridized carbons (Fsp3) is 0.133. The van der Waals surface area contributed by atoms with Gasteiger partial charge in [-0.05, 0) is 31.2 Å². The Balaban J connectivity index is 1.99. The maximum Gasteiger partial charge on any atom is 0.265 e. The van der Waals surface area contributed by atoms with E-state index in [1.807, 2.05) is 0 Å². The summed E-state index contributed by atoms with van der Waals surface area (Å²) in [6.45, 7) is 1.53. The van der Waals surface area contributed by atoms with Gasteiger partial charge in [0.15, 0.2) is 6.10 Å². The molecule has 126 valence electrons. The van der Waals surface area contributed by atoms with Gasteiger partial charge in [-0.3, -0.25) is 9.52 Å². The van der Waals surface area contributed by atoms with Crippen molar-refractivity contribution in [1.29, 1.82) is 0 Å². The number of carbonyl (C=O) groups is 1. The zero-order chi connectivity index (χ0) is 17.5. The van der Waals surface area contributed by atoms with Gasteiger partial charge in [0.05, 0.1) is 16.4 Å². The summed E-state index contributed by atoms with van der Waals surface area (Å²) in [5.74, 6) is -0.746. The molecule has 0 spiro atoms. The Morgan fingerprint density at radius 3 is 2.75 bits per heavy atom. The summed E-state index contributed by atoms with van der Waals surface area (Å²) in [4.78, 5) is 11.3. The largest absolute Gasteiger partial charge is 0.479 e. The van der Waals surface area contributed by atoms with Crippen LogP contribution in [0.2, 0.25) is 5.02 Å². The number of hydrogen-bond donors (Lipinski definition) is 2. The van der Waals surface area contributed by atoms with Crippen molar-refractivity contribution in [3.05, 3.63) is 47.2 Å².